The van der Waals surface area contributed by atoms with Crippen LogP contribution in [-0.2, 0) is 4.79 Å². The third-order valence-electron chi connectivity index (χ3n) is 3.97. The normalized spacial score (nSPS) is 17.3. The Bertz CT molecular complexity index is 947. The van der Waals surface area contributed by atoms with Crippen molar-refractivity contribution in [1.29, 1.82) is 0 Å². The largest absolute Gasteiger partial charge is 0.287 e. The lowest BCUT2D eigenvalue weighted by atomic mass is 10.1. The van der Waals surface area contributed by atoms with Crippen molar-refractivity contribution in [1.82, 2.24) is 14.7 Å². The van der Waals surface area contributed by atoms with Gasteiger partial charge in [0.1, 0.15) is 11.5 Å². The number of aliphatic imine (C=N–C) groups is 1. The number of amides is 1. The molecule has 0 aliphatic carbocycles. The highest BCUT2D eigenvalue weighted by Gasteiger charge is 2.32. The van der Waals surface area contributed by atoms with Crippen LogP contribution in [0.15, 0.2) is 40.4 Å². The molecule has 2 heterocycles. The number of hydrogen-bond donors (Lipinski definition) is 0. The molecule has 0 unspecified atom stereocenters. The summed E-state index contributed by atoms with van der Waals surface area (Å²) in [5.74, 6) is -0.739. The van der Waals surface area contributed by atoms with Crippen LogP contribution in [0, 0.1) is 5.82 Å². The zero-order valence-electron chi connectivity index (χ0n) is 15.3. The molecule has 27 heavy (non-hydrogen) atoms. The van der Waals surface area contributed by atoms with Gasteiger partial charge in [0.05, 0.1) is 4.91 Å². The van der Waals surface area contributed by atoms with E-state index in [2.05, 4.69) is 10.1 Å². The molecule has 0 N–H and O–H groups in total. The van der Waals surface area contributed by atoms with Crippen molar-refractivity contribution in [2.75, 3.05) is 13.1 Å². The molecular formula is C19H19FN4O2S. The molecule has 1 saturated heterocycles. The van der Waals surface area contributed by atoms with Gasteiger partial charge in [0.15, 0.2) is 5.17 Å². The van der Waals surface area contributed by atoms with Crippen LogP contribution < -0.4 is 0 Å². The molecule has 0 saturated carbocycles. The van der Waals surface area contributed by atoms with Gasteiger partial charge in [0.25, 0.3) is 5.91 Å². The fraction of sp³-hybridized carbons (Fsp3) is 0.263. The number of hydrogen-bond acceptors (Lipinski definition) is 5. The fourth-order valence-electron chi connectivity index (χ4n) is 2.67. The van der Waals surface area contributed by atoms with E-state index >= 15 is 0 Å². The second-order valence-corrected chi connectivity index (χ2v) is 6.83. The van der Waals surface area contributed by atoms with Crippen LogP contribution in [0.1, 0.15) is 31.1 Å². The Morgan fingerprint density at radius 2 is 2.00 bits per heavy atom. The van der Waals surface area contributed by atoms with Gasteiger partial charge in [-0.15, -0.1) is 0 Å². The fourth-order valence-corrected chi connectivity index (χ4v) is 3.76. The minimum absolute atomic E-state index is 0.129. The maximum Gasteiger partial charge on any atom is 0.266 e. The molecule has 8 heteroatoms. The second kappa shape index (κ2) is 7.87. The van der Waals surface area contributed by atoms with Crippen molar-refractivity contribution < 1.29 is 14.0 Å². The quantitative estimate of drug-likeness (QED) is 0.752. The molecule has 1 aromatic carbocycles. The number of nitrogens with zero attached hydrogens (tertiary/aromatic N) is 4. The molecule has 1 aliphatic rings. The Labute approximate surface area is 160 Å². The lowest BCUT2D eigenvalue weighted by Gasteiger charge is -2.11. The summed E-state index contributed by atoms with van der Waals surface area (Å²) in [5.41, 5.74) is 1.78. The van der Waals surface area contributed by atoms with Crippen LogP contribution in [0.3, 0.4) is 0 Å². The van der Waals surface area contributed by atoms with Gasteiger partial charge in [-0.2, -0.15) is 5.10 Å². The van der Waals surface area contributed by atoms with E-state index in [-0.39, 0.29) is 17.6 Å². The Morgan fingerprint density at radius 1 is 1.30 bits per heavy atom. The summed E-state index contributed by atoms with van der Waals surface area (Å²) in [7, 11) is 0. The highest BCUT2D eigenvalue weighted by molar-refractivity contribution is 8.18. The first-order valence-corrected chi connectivity index (χ1v) is 9.38. The van der Waals surface area contributed by atoms with Crippen molar-refractivity contribution >= 4 is 34.8 Å². The average molecular weight is 386 g/mol. The lowest BCUT2D eigenvalue weighted by molar-refractivity contribution is -0.122. The van der Waals surface area contributed by atoms with Crippen LogP contribution in [0.4, 0.5) is 4.39 Å². The predicted molar refractivity (Wildman–Crippen MR) is 105 cm³/mol. The molecule has 1 fully saturated rings. The smallest absolute Gasteiger partial charge is 0.266 e. The summed E-state index contributed by atoms with van der Waals surface area (Å²) in [6.45, 7) is 6.32. The summed E-state index contributed by atoms with van der Waals surface area (Å²) < 4.78 is 14.5. The molecule has 0 bridgehead atoms. The van der Waals surface area contributed by atoms with E-state index in [0.29, 0.717) is 40.0 Å². The molecule has 3 rings (SSSR count). The first-order valence-electron chi connectivity index (χ1n) is 8.57. The minimum Gasteiger partial charge on any atom is -0.287 e. The van der Waals surface area contributed by atoms with Crippen LogP contribution in [0.5, 0.6) is 0 Å². The molecular weight excluding hydrogens is 367 g/mol. The molecule has 0 spiro atoms. The van der Waals surface area contributed by atoms with Crippen molar-refractivity contribution in [2.45, 2.75) is 20.8 Å². The number of likely N-dealkylation sites (N-methyl/N-ethyl adjacent to an activating group) is 1. The zero-order chi connectivity index (χ0) is 19.6. The van der Waals surface area contributed by atoms with E-state index in [0.717, 1.165) is 0 Å². The number of amidine groups is 1. The Kier molecular flexibility index (Phi) is 5.55. The molecule has 0 radical (unpaired) electrons. The van der Waals surface area contributed by atoms with Gasteiger partial charge < -0.3 is 0 Å². The van der Waals surface area contributed by atoms with Crippen molar-refractivity contribution in [2.24, 2.45) is 4.99 Å². The van der Waals surface area contributed by atoms with Crippen molar-refractivity contribution in [3.8, 4) is 11.3 Å². The number of carbonyl (C=O) groups is 2. The van der Waals surface area contributed by atoms with E-state index in [1.54, 1.807) is 29.3 Å². The number of thioether (sulfide) groups is 1. The predicted octanol–water partition coefficient (Wildman–Crippen LogP) is 3.66. The van der Waals surface area contributed by atoms with Gasteiger partial charge in [-0.25, -0.2) is 9.07 Å². The highest BCUT2D eigenvalue weighted by atomic mass is 32.2. The second-order valence-electron chi connectivity index (χ2n) is 5.82. The van der Waals surface area contributed by atoms with Gasteiger partial charge in [-0.05, 0) is 56.0 Å². The number of rotatable bonds is 4. The summed E-state index contributed by atoms with van der Waals surface area (Å²) >= 11 is 1.30. The summed E-state index contributed by atoms with van der Waals surface area (Å²) in [5, 5.41) is 4.97. The summed E-state index contributed by atoms with van der Waals surface area (Å²) in [4.78, 5) is 30.9. The number of halogens is 1. The van der Waals surface area contributed by atoms with Crippen molar-refractivity contribution in [3.05, 3.63) is 46.7 Å². The molecule has 0 atom stereocenters. The van der Waals surface area contributed by atoms with Crippen LogP contribution in [0.2, 0.25) is 0 Å². The van der Waals surface area contributed by atoms with Crippen LogP contribution in [-0.4, -0.2) is 44.8 Å². The topological polar surface area (TPSA) is 67.6 Å². The van der Waals surface area contributed by atoms with E-state index in [4.69, 9.17) is 0 Å². The highest BCUT2D eigenvalue weighted by Crippen LogP contribution is 2.34. The van der Waals surface area contributed by atoms with E-state index in [9.17, 15) is 14.0 Å². The van der Waals surface area contributed by atoms with Gasteiger partial charge >= 0.3 is 0 Å². The number of carbonyl (C=O) groups excluding carboxylic acids is 2. The first-order chi connectivity index (χ1) is 12.9. The molecule has 1 aromatic heterocycles. The lowest BCUT2D eigenvalue weighted by Crippen LogP contribution is -2.28. The van der Waals surface area contributed by atoms with Gasteiger partial charge in [0.2, 0.25) is 5.91 Å². The zero-order valence-corrected chi connectivity index (χ0v) is 16.1. The maximum atomic E-state index is 13.3. The average Bonchev–Trinajstić information content (AvgIpc) is 3.18. The Morgan fingerprint density at radius 3 is 2.59 bits per heavy atom. The maximum absolute atomic E-state index is 13.3. The molecule has 140 valence electrons. The Hall–Kier alpha value is -2.74. The molecule has 2 aromatic rings. The SMILES string of the molecule is CCN=C1S/C(=C\c2cn(C(C)=O)nc2-c2ccc(F)cc2)C(=O)N1CC. The number of aromatic nitrogens is 2. The number of benzene rings is 1. The van der Waals surface area contributed by atoms with Gasteiger partial charge in [-0.3, -0.25) is 19.5 Å². The summed E-state index contributed by atoms with van der Waals surface area (Å²) in [6, 6.07) is 5.85. The summed E-state index contributed by atoms with van der Waals surface area (Å²) in [6.07, 6.45) is 3.28. The Balaban J connectivity index is 2.07. The van der Waals surface area contributed by atoms with Crippen LogP contribution >= 0.6 is 11.8 Å². The molecule has 1 aliphatic heterocycles. The van der Waals surface area contributed by atoms with Gasteiger partial charge in [-0.1, -0.05) is 0 Å². The van der Waals surface area contributed by atoms with E-state index in [1.165, 1.54) is 35.5 Å². The van der Waals surface area contributed by atoms with Gasteiger partial charge in [0, 0.05) is 37.3 Å². The molecule has 6 nitrogen and oxygen atoms in total. The monoisotopic (exact) mass is 386 g/mol. The van der Waals surface area contributed by atoms with Crippen molar-refractivity contribution in [3.63, 3.8) is 0 Å². The first kappa shape index (κ1) is 19.0. The third kappa shape index (κ3) is 3.85. The molecule has 1 amide bonds. The van der Waals surface area contributed by atoms with E-state index < -0.39 is 0 Å². The van der Waals surface area contributed by atoms with E-state index in [1.807, 2.05) is 13.8 Å². The third-order valence-corrected chi connectivity index (χ3v) is 5.01. The van der Waals surface area contributed by atoms with Crippen LogP contribution in [0.25, 0.3) is 17.3 Å². The standard InChI is InChI=1S/C19H19FN4O2S/c1-4-21-19-23(5-2)18(26)16(27-19)10-14-11-24(12(3)25)22-17(14)13-6-8-15(20)9-7-13/h6-11H,4-5H2,1-3H3/b16-10-,21-19?. The minimum atomic E-state index is -0.356.